The molecule has 23 heteroatoms. The van der Waals surface area contributed by atoms with Crippen molar-refractivity contribution in [2.45, 2.75) is 49.3 Å². The lowest BCUT2D eigenvalue weighted by atomic mass is 10.1. The number of phosphoric acid groups is 2. The van der Waals surface area contributed by atoms with Gasteiger partial charge in [-0.1, -0.05) is 0 Å². The maximum atomic E-state index is 13.2. The molecule has 7 rings (SSSR count). The van der Waals surface area contributed by atoms with E-state index in [1.165, 1.54) is 34.1 Å². The fourth-order valence-corrected chi connectivity index (χ4v) is 7.09. The number of nitrogen functional groups attached to an aromatic ring is 2. The molecule has 0 bridgehead atoms. The third kappa shape index (κ3) is 4.89. The van der Waals surface area contributed by atoms with Gasteiger partial charge in [0.2, 0.25) is 6.29 Å². The number of phosphoric ester groups is 2. The first-order valence-electron chi connectivity index (χ1n) is 12.4. The number of hydrogen-bond acceptors (Lipinski definition) is 17. The van der Waals surface area contributed by atoms with Crippen LogP contribution in [-0.4, -0.2) is 97.5 Å². The summed E-state index contributed by atoms with van der Waals surface area (Å²) in [6, 6.07) is 1.52. The maximum Gasteiger partial charge on any atom is 0.475 e. The molecule has 4 aromatic rings. The topological polar surface area (TPSA) is 297 Å². The Balaban J connectivity index is 1.20. The summed E-state index contributed by atoms with van der Waals surface area (Å²) in [5.74, 6) is 0.0219. The molecule has 43 heavy (non-hydrogen) atoms. The number of rotatable bonds is 2. The monoisotopic (exact) mass is 643 g/mol. The molecule has 8 N–H and O–H groups in total. The summed E-state index contributed by atoms with van der Waals surface area (Å²) in [6.07, 6.45) is -8.18. The Bertz CT molecular complexity index is 1810. The number of nitrogens with two attached hydrogens (primary N) is 2. The first-order valence-corrected chi connectivity index (χ1v) is 15.4. The lowest BCUT2D eigenvalue weighted by molar-refractivity contribution is -0.137. The molecule has 3 fully saturated rings. The van der Waals surface area contributed by atoms with Crippen LogP contribution >= 0.6 is 15.6 Å². The van der Waals surface area contributed by atoms with Crippen molar-refractivity contribution >= 4 is 49.5 Å². The van der Waals surface area contributed by atoms with Crippen LogP contribution in [0.4, 0.5) is 11.5 Å². The molecule has 230 valence electrons. The number of hydrogen-bond donors (Lipinski definition) is 6. The van der Waals surface area contributed by atoms with Gasteiger partial charge in [-0.2, -0.15) is 0 Å². The van der Waals surface area contributed by atoms with Crippen molar-refractivity contribution in [1.29, 1.82) is 0 Å². The van der Waals surface area contributed by atoms with Crippen LogP contribution in [0.5, 0.6) is 0 Å². The summed E-state index contributed by atoms with van der Waals surface area (Å²) in [5.41, 5.74) is 12.8. The van der Waals surface area contributed by atoms with Gasteiger partial charge in [0.15, 0.2) is 35.7 Å². The van der Waals surface area contributed by atoms with E-state index in [0.29, 0.717) is 11.2 Å². The van der Waals surface area contributed by atoms with Crippen LogP contribution < -0.4 is 11.5 Å². The van der Waals surface area contributed by atoms with Crippen LogP contribution in [0.2, 0.25) is 0 Å². The van der Waals surface area contributed by atoms with Gasteiger partial charge in [-0.15, -0.1) is 0 Å². The molecule has 3 saturated heterocycles. The van der Waals surface area contributed by atoms with Crippen molar-refractivity contribution in [1.82, 2.24) is 34.1 Å². The van der Waals surface area contributed by atoms with E-state index >= 15 is 0 Å². The number of aliphatic hydroxyl groups is 2. The number of pyridine rings is 1. The highest BCUT2D eigenvalue weighted by atomic mass is 31.2. The molecule has 21 nitrogen and oxygen atoms in total. The second kappa shape index (κ2) is 10.2. The van der Waals surface area contributed by atoms with Gasteiger partial charge in [-0.25, -0.2) is 34.0 Å². The van der Waals surface area contributed by atoms with Gasteiger partial charge in [0, 0.05) is 6.20 Å². The number of aliphatic hydroxyl groups excluding tert-OH is 2. The number of imidazole rings is 2. The van der Waals surface area contributed by atoms with E-state index in [-0.39, 0.29) is 22.6 Å². The molecule has 0 aliphatic carbocycles. The van der Waals surface area contributed by atoms with E-state index in [0.717, 1.165) is 6.33 Å². The second-order valence-electron chi connectivity index (χ2n) is 9.73. The molecular formula is C20H23N9O12P2. The summed E-state index contributed by atoms with van der Waals surface area (Å²) >= 11 is 0. The summed E-state index contributed by atoms with van der Waals surface area (Å²) in [7, 11) is -10.3. The van der Waals surface area contributed by atoms with Crippen LogP contribution in [0.1, 0.15) is 12.5 Å². The molecule has 4 unspecified atom stereocenters. The van der Waals surface area contributed by atoms with Crippen LogP contribution in [0, 0.1) is 0 Å². The van der Waals surface area contributed by atoms with Crippen LogP contribution in [-0.2, 0) is 36.7 Å². The minimum atomic E-state index is -5.20. The SMILES string of the molecule is Nc1ncnc2c1ncn2[C@@H]1O[C@@H]2OP(=O)(O)O[C@@H]3C(O)[C@H](n4cnc5c(N)ccnc54)O[C@@H]3COP(=O)(O)O[C@@H]2C1O. The molecule has 10 atom stereocenters. The number of fused-ring (bicyclic) bond motifs is 4. The number of ether oxygens (including phenoxy) is 2. The van der Waals surface area contributed by atoms with Crippen molar-refractivity contribution < 1.29 is 56.7 Å². The first-order chi connectivity index (χ1) is 20.4. The van der Waals surface area contributed by atoms with Gasteiger partial charge in [-0.05, 0) is 6.07 Å². The van der Waals surface area contributed by atoms with Gasteiger partial charge in [0.25, 0.3) is 0 Å². The first kappa shape index (κ1) is 28.6. The van der Waals surface area contributed by atoms with Crippen molar-refractivity contribution in [3.05, 3.63) is 31.2 Å². The lowest BCUT2D eigenvalue weighted by Crippen LogP contribution is -2.36. The zero-order valence-corrected chi connectivity index (χ0v) is 23.2. The van der Waals surface area contributed by atoms with Gasteiger partial charge in [0.05, 0.1) is 24.9 Å². The average molecular weight is 643 g/mol. The standard InChI is InChI=1S/C20H23N9O12P2/c21-7-1-2-23-16-9(7)26-5-28(16)18-11(30)13-8(37-18)3-36-42(32,33)40-14-12(31)19(38-20(14)41-43(34,35)39-13)29-6-27-10-15(22)24-4-25-17(10)29/h1-2,4-6,8,11-14,18-20,30-31H,3H2,(H2,21,23)(H,32,33)(H,34,35)(H2,22,24,25)/t8-,11?,12?,13+,14-,18-,19-,20-/m1/s1. The third-order valence-electron chi connectivity index (χ3n) is 7.06. The minimum absolute atomic E-state index is 0.0219. The number of anilines is 2. The minimum Gasteiger partial charge on any atom is -0.397 e. The Morgan fingerprint density at radius 2 is 1.47 bits per heavy atom. The highest BCUT2D eigenvalue weighted by Gasteiger charge is 2.56. The van der Waals surface area contributed by atoms with E-state index in [1.54, 1.807) is 0 Å². The van der Waals surface area contributed by atoms with Crippen molar-refractivity contribution in [3.8, 4) is 0 Å². The largest absolute Gasteiger partial charge is 0.475 e. The van der Waals surface area contributed by atoms with E-state index in [2.05, 4.69) is 24.9 Å². The van der Waals surface area contributed by atoms with E-state index in [1.807, 2.05) is 0 Å². The van der Waals surface area contributed by atoms with E-state index in [4.69, 9.17) is 39.0 Å². The Kier molecular flexibility index (Phi) is 6.78. The Labute approximate surface area is 239 Å². The van der Waals surface area contributed by atoms with Crippen LogP contribution in [0.25, 0.3) is 22.3 Å². The predicted molar refractivity (Wildman–Crippen MR) is 138 cm³/mol. The molecule has 7 heterocycles. The van der Waals surface area contributed by atoms with Gasteiger partial charge in [0.1, 0.15) is 41.8 Å². The van der Waals surface area contributed by atoms with Gasteiger partial charge >= 0.3 is 15.6 Å². The van der Waals surface area contributed by atoms with E-state index < -0.39 is 71.5 Å². The molecule has 0 saturated carbocycles. The molecule has 3 aliphatic heterocycles. The zero-order chi connectivity index (χ0) is 30.3. The van der Waals surface area contributed by atoms with Crippen LogP contribution in [0.3, 0.4) is 0 Å². The molecule has 0 amide bonds. The molecule has 0 aromatic carbocycles. The fourth-order valence-electron chi connectivity index (χ4n) is 5.12. The second-order valence-corrected chi connectivity index (χ2v) is 12.5. The molecule has 3 aliphatic rings. The van der Waals surface area contributed by atoms with Crippen molar-refractivity contribution in [3.63, 3.8) is 0 Å². The maximum absolute atomic E-state index is 13.2. The number of aromatic nitrogens is 7. The summed E-state index contributed by atoms with van der Waals surface area (Å²) < 4.78 is 60.9. The van der Waals surface area contributed by atoms with Crippen molar-refractivity contribution in [2.24, 2.45) is 0 Å². The summed E-state index contributed by atoms with van der Waals surface area (Å²) in [5, 5.41) is 22.2. The molecule has 4 aromatic heterocycles. The highest BCUT2D eigenvalue weighted by Crippen LogP contribution is 2.56. The lowest BCUT2D eigenvalue weighted by Gasteiger charge is -2.24. The zero-order valence-electron chi connectivity index (χ0n) is 21.4. The summed E-state index contributed by atoms with van der Waals surface area (Å²) in [6.45, 7) is -0.770. The fraction of sp³-hybridized carbons (Fsp3) is 0.450. The average Bonchev–Trinajstić information content (AvgIpc) is 3.70. The predicted octanol–water partition coefficient (Wildman–Crippen LogP) is -1.07. The molecule has 0 spiro atoms. The van der Waals surface area contributed by atoms with Crippen molar-refractivity contribution in [2.75, 3.05) is 18.1 Å². The van der Waals surface area contributed by atoms with Gasteiger partial charge < -0.3 is 40.9 Å². The smallest absolute Gasteiger partial charge is 0.397 e. The highest BCUT2D eigenvalue weighted by molar-refractivity contribution is 7.47. The van der Waals surface area contributed by atoms with Gasteiger partial charge in [-0.3, -0.25) is 27.2 Å². The normalized spacial score (nSPS) is 38.6. The number of nitrogens with zero attached hydrogens (tertiary/aromatic N) is 7. The quantitative estimate of drug-likeness (QED) is 0.142. The Hall–Kier alpha value is -3.17. The Morgan fingerprint density at radius 3 is 2.23 bits per heavy atom. The van der Waals surface area contributed by atoms with E-state index in [9.17, 15) is 29.1 Å². The Morgan fingerprint density at radius 1 is 0.814 bits per heavy atom. The molecular weight excluding hydrogens is 620 g/mol. The third-order valence-corrected chi connectivity index (χ3v) is 9.03. The van der Waals surface area contributed by atoms with Crippen LogP contribution in [0.15, 0.2) is 31.2 Å². The molecule has 0 radical (unpaired) electrons. The summed E-state index contributed by atoms with van der Waals surface area (Å²) in [4.78, 5) is 41.5.